The summed E-state index contributed by atoms with van der Waals surface area (Å²) >= 11 is 0. The lowest BCUT2D eigenvalue weighted by atomic mass is 10.1. The van der Waals surface area contributed by atoms with E-state index < -0.39 is 0 Å². The molecule has 0 N–H and O–H groups in total. The minimum Gasteiger partial charge on any atom is -0.483 e. The summed E-state index contributed by atoms with van der Waals surface area (Å²) in [6.07, 6.45) is -0.103. The van der Waals surface area contributed by atoms with Gasteiger partial charge in [0.25, 0.3) is 5.91 Å². The summed E-state index contributed by atoms with van der Waals surface area (Å²) in [6, 6.07) is 5.99. The number of morpholine rings is 1. The van der Waals surface area contributed by atoms with Gasteiger partial charge in [0.2, 0.25) is 0 Å². The number of ether oxygens (including phenoxy) is 3. The number of rotatable bonds is 5. The summed E-state index contributed by atoms with van der Waals surface area (Å²) < 4.78 is 16.8. The summed E-state index contributed by atoms with van der Waals surface area (Å²) in [4.78, 5) is 14.3. The molecule has 0 saturated carbocycles. The number of amides is 1. The molecule has 1 heterocycles. The zero-order valence-corrected chi connectivity index (χ0v) is 14.7. The van der Waals surface area contributed by atoms with Crippen molar-refractivity contribution in [2.24, 2.45) is 0 Å². The highest BCUT2D eigenvalue weighted by molar-refractivity contribution is 5.78. The second-order valence-electron chi connectivity index (χ2n) is 6.79. The Bertz CT molecular complexity index is 556. The van der Waals surface area contributed by atoms with E-state index in [1.165, 1.54) is 0 Å². The molecule has 1 aromatic rings. The van der Waals surface area contributed by atoms with Crippen molar-refractivity contribution in [1.82, 2.24) is 4.90 Å². The average molecular weight is 321 g/mol. The third kappa shape index (κ3) is 4.94. The van der Waals surface area contributed by atoms with Crippen molar-refractivity contribution in [2.75, 3.05) is 33.4 Å². The van der Waals surface area contributed by atoms with E-state index in [2.05, 4.69) is 0 Å². The van der Waals surface area contributed by atoms with E-state index >= 15 is 0 Å². The zero-order valence-electron chi connectivity index (χ0n) is 14.7. The van der Waals surface area contributed by atoms with E-state index in [1.54, 1.807) is 12.0 Å². The first-order chi connectivity index (χ1) is 10.8. The van der Waals surface area contributed by atoms with Crippen LogP contribution in [-0.4, -0.2) is 55.9 Å². The fourth-order valence-electron chi connectivity index (χ4n) is 2.85. The molecule has 23 heavy (non-hydrogen) atoms. The van der Waals surface area contributed by atoms with Crippen LogP contribution in [0.2, 0.25) is 0 Å². The summed E-state index contributed by atoms with van der Waals surface area (Å²) in [7, 11) is 1.64. The standard InChI is InChI=1S/C18H27NO4/c1-13-6-7-14(2)16(8-13)22-11-17(20)19-9-15(10-21-5)23-18(3,4)12-19/h6-8,15H,9-12H2,1-5H3/t15-/m1/s1. The lowest BCUT2D eigenvalue weighted by molar-refractivity contribution is -0.170. The van der Waals surface area contributed by atoms with Crippen LogP contribution in [0, 0.1) is 13.8 Å². The van der Waals surface area contributed by atoms with Crippen LogP contribution in [-0.2, 0) is 14.3 Å². The van der Waals surface area contributed by atoms with Crippen molar-refractivity contribution < 1.29 is 19.0 Å². The second kappa shape index (κ2) is 7.32. The minimum atomic E-state index is -0.379. The normalized spacial score (nSPS) is 20.4. The van der Waals surface area contributed by atoms with Crippen molar-refractivity contribution in [3.05, 3.63) is 29.3 Å². The van der Waals surface area contributed by atoms with Crippen LogP contribution in [0.15, 0.2) is 18.2 Å². The highest BCUT2D eigenvalue weighted by Crippen LogP contribution is 2.22. The molecule has 1 amide bonds. The Morgan fingerprint density at radius 1 is 1.39 bits per heavy atom. The molecule has 2 rings (SSSR count). The molecule has 5 heteroatoms. The van der Waals surface area contributed by atoms with Crippen LogP contribution in [0.1, 0.15) is 25.0 Å². The number of hydrogen-bond acceptors (Lipinski definition) is 4. The van der Waals surface area contributed by atoms with Crippen LogP contribution in [0.3, 0.4) is 0 Å². The van der Waals surface area contributed by atoms with E-state index in [0.29, 0.717) is 19.7 Å². The molecule has 0 aromatic heterocycles. The van der Waals surface area contributed by atoms with Gasteiger partial charge in [0.05, 0.1) is 18.3 Å². The third-order valence-corrected chi connectivity index (χ3v) is 3.88. The van der Waals surface area contributed by atoms with Gasteiger partial charge in [-0.2, -0.15) is 0 Å². The van der Waals surface area contributed by atoms with Gasteiger partial charge in [-0.3, -0.25) is 4.79 Å². The molecular weight excluding hydrogens is 294 g/mol. The topological polar surface area (TPSA) is 48.0 Å². The lowest BCUT2D eigenvalue weighted by Gasteiger charge is -2.42. The Kier molecular flexibility index (Phi) is 5.65. The van der Waals surface area contributed by atoms with Gasteiger partial charge in [-0.15, -0.1) is 0 Å². The Morgan fingerprint density at radius 2 is 2.13 bits per heavy atom. The molecule has 0 spiro atoms. The minimum absolute atomic E-state index is 0.0246. The number of carbonyl (C=O) groups excluding carboxylic acids is 1. The first kappa shape index (κ1) is 17.8. The monoisotopic (exact) mass is 321 g/mol. The van der Waals surface area contributed by atoms with E-state index in [9.17, 15) is 4.79 Å². The van der Waals surface area contributed by atoms with Crippen LogP contribution in [0.5, 0.6) is 5.75 Å². The molecule has 128 valence electrons. The molecule has 0 radical (unpaired) electrons. The maximum Gasteiger partial charge on any atom is 0.260 e. The quantitative estimate of drug-likeness (QED) is 0.835. The van der Waals surface area contributed by atoms with Gasteiger partial charge in [-0.05, 0) is 44.9 Å². The van der Waals surface area contributed by atoms with Gasteiger partial charge >= 0.3 is 0 Å². The highest BCUT2D eigenvalue weighted by Gasteiger charge is 2.35. The SMILES string of the molecule is COC[C@H]1CN(C(=O)COc2cc(C)ccc2C)CC(C)(C)O1. The molecule has 0 aliphatic carbocycles. The molecule has 0 unspecified atom stereocenters. The van der Waals surface area contributed by atoms with Gasteiger partial charge < -0.3 is 19.1 Å². The Hall–Kier alpha value is -1.59. The van der Waals surface area contributed by atoms with E-state index in [1.807, 2.05) is 45.9 Å². The zero-order chi connectivity index (χ0) is 17.0. The number of benzene rings is 1. The summed E-state index contributed by atoms with van der Waals surface area (Å²) in [5.74, 6) is 0.739. The maximum atomic E-state index is 12.5. The first-order valence-corrected chi connectivity index (χ1v) is 7.95. The fourth-order valence-corrected chi connectivity index (χ4v) is 2.85. The predicted octanol–water partition coefficient (Wildman–Crippen LogP) is 2.33. The lowest BCUT2D eigenvalue weighted by Crippen LogP contribution is -2.56. The average Bonchev–Trinajstić information content (AvgIpc) is 2.46. The van der Waals surface area contributed by atoms with E-state index in [-0.39, 0.29) is 24.2 Å². The second-order valence-corrected chi connectivity index (χ2v) is 6.79. The molecule has 1 aliphatic rings. The molecule has 1 atom stereocenters. The summed E-state index contributed by atoms with van der Waals surface area (Å²) in [6.45, 7) is 9.57. The number of carbonyl (C=O) groups is 1. The highest BCUT2D eigenvalue weighted by atomic mass is 16.5. The molecule has 0 bridgehead atoms. The van der Waals surface area contributed by atoms with Gasteiger partial charge in [-0.25, -0.2) is 0 Å². The molecule has 1 aliphatic heterocycles. The molecule has 1 aromatic carbocycles. The number of hydrogen-bond donors (Lipinski definition) is 0. The van der Waals surface area contributed by atoms with E-state index in [4.69, 9.17) is 14.2 Å². The predicted molar refractivity (Wildman–Crippen MR) is 88.8 cm³/mol. The number of nitrogens with zero attached hydrogens (tertiary/aromatic N) is 1. The van der Waals surface area contributed by atoms with E-state index in [0.717, 1.165) is 16.9 Å². The Morgan fingerprint density at radius 3 is 2.83 bits per heavy atom. The van der Waals surface area contributed by atoms with Crippen LogP contribution >= 0.6 is 0 Å². The Balaban J connectivity index is 1.97. The number of aryl methyl sites for hydroxylation is 2. The van der Waals surface area contributed by atoms with Crippen molar-refractivity contribution in [1.29, 1.82) is 0 Å². The third-order valence-electron chi connectivity index (χ3n) is 3.88. The van der Waals surface area contributed by atoms with Crippen molar-refractivity contribution >= 4 is 5.91 Å². The maximum absolute atomic E-state index is 12.5. The van der Waals surface area contributed by atoms with Gasteiger partial charge in [-0.1, -0.05) is 12.1 Å². The molecule has 5 nitrogen and oxygen atoms in total. The first-order valence-electron chi connectivity index (χ1n) is 7.95. The number of methoxy groups -OCH3 is 1. The van der Waals surface area contributed by atoms with Gasteiger partial charge in [0.15, 0.2) is 6.61 Å². The van der Waals surface area contributed by atoms with Crippen LogP contribution in [0.4, 0.5) is 0 Å². The molecular formula is C18H27NO4. The largest absolute Gasteiger partial charge is 0.483 e. The van der Waals surface area contributed by atoms with Gasteiger partial charge in [0, 0.05) is 20.2 Å². The molecule has 1 fully saturated rings. The van der Waals surface area contributed by atoms with Crippen molar-refractivity contribution in [2.45, 2.75) is 39.4 Å². The molecule has 1 saturated heterocycles. The Labute approximate surface area is 138 Å². The van der Waals surface area contributed by atoms with Crippen molar-refractivity contribution in [3.8, 4) is 5.75 Å². The fraction of sp³-hybridized carbons (Fsp3) is 0.611. The summed E-state index contributed by atoms with van der Waals surface area (Å²) in [5.41, 5.74) is 1.77. The van der Waals surface area contributed by atoms with Crippen LogP contribution < -0.4 is 4.74 Å². The van der Waals surface area contributed by atoms with Gasteiger partial charge in [0.1, 0.15) is 5.75 Å². The van der Waals surface area contributed by atoms with Crippen LogP contribution in [0.25, 0.3) is 0 Å². The van der Waals surface area contributed by atoms with Crippen molar-refractivity contribution in [3.63, 3.8) is 0 Å². The smallest absolute Gasteiger partial charge is 0.260 e. The summed E-state index contributed by atoms with van der Waals surface area (Å²) in [5, 5.41) is 0.